The summed E-state index contributed by atoms with van der Waals surface area (Å²) in [5, 5.41) is 16.2. The minimum atomic E-state index is -0.249. The highest BCUT2D eigenvalue weighted by molar-refractivity contribution is 6.69. The maximum atomic E-state index is 9.22. The third-order valence-corrected chi connectivity index (χ3v) is 2.19. The number of rotatable bonds is 1. The number of hydrogen-bond donors (Lipinski definition) is 2. The molecule has 0 bridgehead atoms. The largest absolute Gasteiger partial charge is 0.505 e. The number of benzene rings is 1. The van der Waals surface area contributed by atoms with Gasteiger partial charge in [-0.25, -0.2) is 0 Å². The van der Waals surface area contributed by atoms with E-state index in [1.54, 1.807) is 0 Å². The van der Waals surface area contributed by atoms with Crippen LogP contribution in [0.5, 0.6) is 5.75 Å². The molecule has 1 rings (SSSR count). The van der Waals surface area contributed by atoms with E-state index in [2.05, 4.69) is 0 Å². The van der Waals surface area contributed by atoms with Crippen LogP contribution in [0.3, 0.4) is 0 Å². The van der Waals surface area contributed by atoms with E-state index in [0.29, 0.717) is 0 Å². The maximum Gasteiger partial charge on any atom is 0.153 e. The minimum absolute atomic E-state index is 0.00231. The van der Waals surface area contributed by atoms with E-state index >= 15 is 0 Å². The molecular weight excluding hydrogens is 220 g/mol. The molecule has 5 heteroatoms. The zero-order valence-corrected chi connectivity index (χ0v) is 8.00. The van der Waals surface area contributed by atoms with Gasteiger partial charge in [0.25, 0.3) is 0 Å². The van der Waals surface area contributed by atoms with Crippen molar-refractivity contribution >= 4 is 40.0 Å². The summed E-state index contributed by atoms with van der Waals surface area (Å²) in [6.45, 7) is 0. The van der Waals surface area contributed by atoms with Gasteiger partial charge in [-0.1, -0.05) is 34.8 Å². The molecule has 64 valence electrons. The summed E-state index contributed by atoms with van der Waals surface area (Å²) in [7, 11) is 0. The third kappa shape index (κ3) is 1.66. The predicted octanol–water partition coefficient (Wildman–Crippen LogP) is 3.26. The van der Waals surface area contributed by atoms with Gasteiger partial charge in [0, 0.05) is 5.56 Å². The minimum Gasteiger partial charge on any atom is -0.505 e. The van der Waals surface area contributed by atoms with Gasteiger partial charge >= 0.3 is 0 Å². The molecular formula is C7H4Cl3NO. The van der Waals surface area contributed by atoms with Crippen molar-refractivity contribution in [3.63, 3.8) is 0 Å². The summed E-state index contributed by atoms with van der Waals surface area (Å²) in [6.07, 6.45) is 0. The summed E-state index contributed by atoms with van der Waals surface area (Å²) in [5.74, 6) is -0.249. The van der Waals surface area contributed by atoms with Gasteiger partial charge in [0.05, 0.1) is 10.0 Å². The zero-order chi connectivity index (χ0) is 9.30. The van der Waals surface area contributed by atoms with Crippen molar-refractivity contribution in [3.05, 3.63) is 27.7 Å². The van der Waals surface area contributed by atoms with Gasteiger partial charge in [-0.15, -0.1) is 0 Å². The number of nitrogens with one attached hydrogen (secondary N) is 1. The highest BCUT2D eigenvalue weighted by Crippen LogP contribution is 2.34. The van der Waals surface area contributed by atoms with Crippen LogP contribution in [0.4, 0.5) is 0 Å². The lowest BCUT2D eigenvalue weighted by Gasteiger charge is -2.03. The number of halogens is 3. The Morgan fingerprint density at radius 3 is 2.42 bits per heavy atom. The summed E-state index contributed by atoms with van der Waals surface area (Å²) < 4.78 is 0. The first-order valence-corrected chi connectivity index (χ1v) is 4.09. The van der Waals surface area contributed by atoms with E-state index < -0.39 is 0 Å². The second-order valence-electron chi connectivity index (χ2n) is 2.07. The lowest BCUT2D eigenvalue weighted by atomic mass is 10.2. The predicted molar refractivity (Wildman–Crippen MR) is 50.8 cm³/mol. The maximum absolute atomic E-state index is 9.22. The van der Waals surface area contributed by atoms with Crippen LogP contribution in [0, 0.1) is 5.41 Å². The topological polar surface area (TPSA) is 44.1 Å². The van der Waals surface area contributed by atoms with Crippen LogP contribution in [0.2, 0.25) is 10.0 Å². The van der Waals surface area contributed by atoms with Crippen LogP contribution < -0.4 is 0 Å². The Kier molecular flexibility index (Phi) is 2.83. The molecule has 1 aromatic carbocycles. The Balaban J connectivity index is 3.36. The number of hydrogen-bond acceptors (Lipinski definition) is 2. The second-order valence-corrected chi connectivity index (χ2v) is 3.23. The Hall–Kier alpha value is -0.440. The average molecular weight is 224 g/mol. The number of phenolic OH excluding ortho intramolecular Hbond substituents is 1. The average Bonchev–Trinajstić information content (AvgIpc) is 2.00. The van der Waals surface area contributed by atoms with Crippen molar-refractivity contribution < 1.29 is 5.11 Å². The smallest absolute Gasteiger partial charge is 0.153 e. The molecule has 0 aliphatic rings. The number of aromatic hydroxyl groups is 1. The van der Waals surface area contributed by atoms with Crippen molar-refractivity contribution in [2.24, 2.45) is 0 Å². The lowest BCUT2D eigenvalue weighted by Crippen LogP contribution is -1.90. The normalized spacial score (nSPS) is 9.92. The lowest BCUT2D eigenvalue weighted by molar-refractivity contribution is 0.476. The quantitative estimate of drug-likeness (QED) is 0.707. The molecule has 0 radical (unpaired) electrons. The van der Waals surface area contributed by atoms with Crippen LogP contribution in [0.1, 0.15) is 5.56 Å². The van der Waals surface area contributed by atoms with Crippen molar-refractivity contribution in [1.82, 2.24) is 0 Å². The molecule has 0 fully saturated rings. The highest BCUT2D eigenvalue weighted by Gasteiger charge is 2.11. The van der Waals surface area contributed by atoms with Gasteiger partial charge in [0.15, 0.2) is 5.75 Å². The van der Waals surface area contributed by atoms with Crippen molar-refractivity contribution in [3.8, 4) is 5.75 Å². The zero-order valence-electron chi connectivity index (χ0n) is 5.74. The van der Waals surface area contributed by atoms with Gasteiger partial charge in [-0.2, -0.15) is 0 Å². The van der Waals surface area contributed by atoms with Crippen LogP contribution in [-0.2, 0) is 0 Å². The molecule has 0 atom stereocenters. The van der Waals surface area contributed by atoms with Crippen LogP contribution in [0.15, 0.2) is 12.1 Å². The molecule has 0 heterocycles. The summed E-state index contributed by atoms with van der Waals surface area (Å²) in [6, 6.07) is 2.90. The summed E-state index contributed by atoms with van der Waals surface area (Å²) >= 11 is 16.6. The monoisotopic (exact) mass is 223 g/mol. The first kappa shape index (κ1) is 9.65. The molecule has 0 aromatic heterocycles. The number of phenols is 1. The van der Waals surface area contributed by atoms with E-state index in [1.165, 1.54) is 12.1 Å². The molecule has 12 heavy (non-hydrogen) atoms. The molecule has 2 nitrogen and oxygen atoms in total. The highest BCUT2D eigenvalue weighted by atomic mass is 35.5. The second kappa shape index (κ2) is 3.52. The molecule has 1 aromatic rings. The van der Waals surface area contributed by atoms with Crippen LogP contribution in [-0.4, -0.2) is 10.3 Å². The Labute approximate surface area is 84.2 Å². The van der Waals surface area contributed by atoms with Crippen LogP contribution >= 0.6 is 34.8 Å². The van der Waals surface area contributed by atoms with Crippen LogP contribution in [0.25, 0.3) is 0 Å². The Morgan fingerprint density at radius 2 is 1.92 bits per heavy atom. The standard InChI is InChI=1S/C7H4Cl3NO/c8-4-2-1-3(7(10)11)5(9)6(4)12/h1-2,11-12H. The molecule has 0 aliphatic heterocycles. The molecule has 0 unspecified atom stereocenters. The van der Waals surface area contributed by atoms with Crippen molar-refractivity contribution in [1.29, 1.82) is 5.41 Å². The fourth-order valence-corrected chi connectivity index (χ4v) is 1.38. The molecule has 0 spiro atoms. The van der Waals surface area contributed by atoms with E-state index in [4.69, 9.17) is 40.2 Å². The Bertz CT molecular complexity index is 338. The molecule has 2 N–H and O–H groups in total. The van der Waals surface area contributed by atoms with E-state index in [9.17, 15) is 5.11 Å². The third-order valence-electron chi connectivity index (χ3n) is 1.30. The van der Waals surface area contributed by atoms with E-state index in [1.807, 2.05) is 0 Å². The summed E-state index contributed by atoms with van der Waals surface area (Å²) in [5.41, 5.74) is 0.264. The van der Waals surface area contributed by atoms with E-state index in [-0.39, 0.29) is 26.5 Å². The summed E-state index contributed by atoms with van der Waals surface area (Å²) in [4.78, 5) is 0. The molecule has 0 aliphatic carbocycles. The molecule has 0 amide bonds. The van der Waals surface area contributed by atoms with Gasteiger partial charge in [0.1, 0.15) is 5.17 Å². The van der Waals surface area contributed by atoms with E-state index in [0.717, 1.165) is 0 Å². The fraction of sp³-hybridized carbons (Fsp3) is 0. The first-order valence-electron chi connectivity index (χ1n) is 2.95. The Morgan fingerprint density at radius 1 is 1.33 bits per heavy atom. The van der Waals surface area contributed by atoms with Gasteiger partial charge < -0.3 is 5.11 Å². The first-order chi connectivity index (χ1) is 5.54. The van der Waals surface area contributed by atoms with Gasteiger partial charge in [0.2, 0.25) is 0 Å². The SMILES string of the molecule is N=C(Cl)c1ccc(Cl)c(O)c1Cl. The van der Waals surface area contributed by atoms with Gasteiger partial charge in [-0.05, 0) is 12.1 Å². The van der Waals surface area contributed by atoms with Gasteiger partial charge in [-0.3, -0.25) is 5.41 Å². The molecule has 0 saturated heterocycles. The van der Waals surface area contributed by atoms with Crippen molar-refractivity contribution in [2.75, 3.05) is 0 Å². The molecule has 0 saturated carbocycles. The van der Waals surface area contributed by atoms with Crippen molar-refractivity contribution in [2.45, 2.75) is 0 Å². The fourth-order valence-electron chi connectivity index (χ4n) is 0.711.